The summed E-state index contributed by atoms with van der Waals surface area (Å²) in [6, 6.07) is 1.40. The van der Waals surface area contributed by atoms with E-state index in [1.54, 1.807) is 0 Å². The molecule has 0 saturated heterocycles. The molecule has 0 aliphatic heterocycles. The Labute approximate surface area is 69.3 Å². The van der Waals surface area contributed by atoms with Crippen LogP contribution in [0.15, 0.2) is 12.3 Å². The van der Waals surface area contributed by atoms with Crippen molar-refractivity contribution in [3.8, 4) is 5.88 Å². The predicted octanol–water partition coefficient (Wildman–Crippen LogP) is 0.171. The fraction of sp³-hybridized carbons (Fsp3) is 0.143. The number of esters is 1. The quantitative estimate of drug-likeness (QED) is 0.582. The molecule has 0 aliphatic rings. The Kier molecular flexibility index (Phi) is 2.14. The smallest absolute Gasteiger partial charge is 0.309 e. The number of rotatable bonds is 1. The maximum Gasteiger partial charge on any atom is 0.309 e. The summed E-state index contributed by atoms with van der Waals surface area (Å²) in [5, 5.41) is 0. The second-order valence-corrected chi connectivity index (χ2v) is 2.25. The Balaban J connectivity index is 2.89. The lowest BCUT2D eigenvalue weighted by atomic mass is 10.3. The Bertz CT molecular complexity index is 312. The molecule has 0 atom stereocenters. The molecule has 5 nitrogen and oxygen atoms in total. The van der Waals surface area contributed by atoms with E-state index in [4.69, 9.17) is 11.5 Å². The fourth-order valence-electron chi connectivity index (χ4n) is 0.664. The van der Waals surface area contributed by atoms with Gasteiger partial charge in [0.15, 0.2) is 0 Å². The lowest BCUT2D eigenvalue weighted by Gasteiger charge is -2.02. The van der Waals surface area contributed by atoms with Crippen LogP contribution in [0.1, 0.15) is 6.92 Å². The maximum absolute atomic E-state index is 10.5. The Morgan fingerprint density at radius 1 is 1.50 bits per heavy atom. The van der Waals surface area contributed by atoms with Crippen LogP contribution >= 0.6 is 0 Å². The molecular weight excluding hydrogens is 158 g/mol. The summed E-state index contributed by atoms with van der Waals surface area (Å²) in [7, 11) is 0. The van der Waals surface area contributed by atoms with Crippen molar-refractivity contribution in [2.24, 2.45) is 0 Å². The Hall–Kier alpha value is -1.78. The molecule has 1 aromatic rings. The van der Waals surface area contributed by atoms with E-state index in [9.17, 15) is 4.79 Å². The number of nitrogens with zero attached hydrogens (tertiary/aromatic N) is 1. The van der Waals surface area contributed by atoms with Crippen LogP contribution in [0.5, 0.6) is 5.88 Å². The lowest BCUT2D eigenvalue weighted by molar-refractivity contribution is -0.132. The number of nitrogen functional groups attached to an aromatic ring is 2. The number of ether oxygens (including phenoxy) is 1. The molecule has 1 rings (SSSR count). The van der Waals surface area contributed by atoms with Gasteiger partial charge in [0.05, 0.1) is 17.6 Å². The summed E-state index contributed by atoms with van der Waals surface area (Å²) < 4.78 is 4.66. The van der Waals surface area contributed by atoms with Gasteiger partial charge in [-0.2, -0.15) is 0 Å². The van der Waals surface area contributed by atoms with Crippen LogP contribution in [0.4, 0.5) is 11.4 Å². The van der Waals surface area contributed by atoms with Crippen molar-refractivity contribution in [3.05, 3.63) is 12.3 Å². The number of aromatic nitrogens is 1. The number of carbonyl (C=O) groups is 1. The van der Waals surface area contributed by atoms with E-state index in [1.807, 2.05) is 0 Å². The van der Waals surface area contributed by atoms with Crippen molar-refractivity contribution in [2.45, 2.75) is 6.92 Å². The third-order valence-electron chi connectivity index (χ3n) is 1.19. The van der Waals surface area contributed by atoms with Gasteiger partial charge in [-0.25, -0.2) is 4.98 Å². The maximum atomic E-state index is 10.5. The van der Waals surface area contributed by atoms with Gasteiger partial charge in [-0.15, -0.1) is 0 Å². The highest BCUT2D eigenvalue weighted by molar-refractivity contribution is 5.70. The summed E-state index contributed by atoms with van der Waals surface area (Å²) in [6.45, 7) is 1.29. The molecule has 12 heavy (non-hydrogen) atoms. The van der Waals surface area contributed by atoms with Gasteiger partial charge in [0, 0.05) is 13.0 Å². The molecule has 0 fully saturated rings. The van der Waals surface area contributed by atoms with E-state index >= 15 is 0 Å². The Morgan fingerprint density at radius 3 is 2.67 bits per heavy atom. The lowest BCUT2D eigenvalue weighted by Crippen LogP contribution is -2.04. The monoisotopic (exact) mass is 167 g/mol. The van der Waals surface area contributed by atoms with E-state index in [1.165, 1.54) is 19.2 Å². The van der Waals surface area contributed by atoms with E-state index < -0.39 is 5.97 Å². The number of hydrogen-bond donors (Lipinski definition) is 2. The van der Waals surface area contributed by atoms with Gasteiger partial charge in [-0.1, -0.05) is 0 Å². The SMILES string of the molecule is CC(=O)Oc1cc(N)c(N)cn1. The largest absolute Gasteiger partial charge is 0.408 e. The number of hydrogen-bond acceptors (Lipinski definition) is 5. The summed E-state index contributed by atoms with van der Waals surface area (Å²) in [6.07, 6.45) is 1.34. The zero-order valence-corrected chi connectivity index (χ0v) is 6.57. The molecule has 0 bridgehead atoms. The summed E-state index contributed by atoms with van der Waals surface area (Å²) >= 11 is 0. The molecule has 4 N–H and O–H groups in total. The molecule has 0 amide bonds. The average Bonchev–Trinajstić information content (AvgIpc) is 1.96. The highest BCUT2D eigenvalue weighted by atomic mass is 16.5. The van der Waals surface area contributed by atoms with Gasteiger partial charge in [0.2, 0.25) is 5.88 Å². The fourth-order valence-corrected chi connectivity index (χ4v) is 0.664. The second-order valence-electron chi connectivity index (χ2n) is 2.25. The van der Waals surface area contributed by atoms with Crippen LogP contribution in [-0.2, 0) is 4.79 Å². The normalized spacial score (nSPS) is 9.42. The standard InChI is InChI=1S/C7H9N3O2/c1-4(11)12-7-2-5(8)6(9)3-10-7/h2-3H,9H2,1H3,(H2,8,10). The molecular formula is C7H9N3O2. The third kappa shape index (κ3) is 1.85. The first-order valence-corrected chi connectivity index (χ1v) is 3.29. The van der Waals surface area contributed by atoms with E-state index in [0.717, 1.165) is 0 Å². The van der Waals surface area contributed by atoms with Crippen LogP contribution in [0.3, 0.4) is 0 Å². The predicted molar refractivity (Wildman–Crippen MR) is 44.4 cm³/mol. The first-order valence-electron chi connectivity index (χ1n) is 3.29. The van der Waals surface area contributed by atoms with E-state index in [2.05, 4.69) is 9.72 Å². The summed E-state index contributed by atoms with van der Waals surface area (Å²) in [5.41, 5.74) is 11.5. The van der Waals surface area contributed by atoms with Gasteiger partial charge in [0.25, 0.3) is 0 Å². The van der Waals surface area contributed by atoms with Crippen molar-refractivity contribution in [1.29, 1.82) is 0 Å². The van der Waals surface area contributed by atoms with Crippen molar-refractivity contribution in [3.63, 3.8) is 0 Å². The van der Waals surface area contributed by atoms with Crippen molar-refractivity contribution < 1.29 is 9.53 Å². The van der Waals surface area contributed by atoms with Crippen LogP contribution in [0.2, 0.25) is 0 Å². The van der Waals surface area contributed by atoms with E-state index in [0.29, 0.717) is 11.4 Å². The molecule has 0 unspecified atom stereocenters. The molecule has 5 heteroatoms. The molecule has 64 valence electrons. The number of anilines is 2. The summed E-state index contributed by atoms with van der Waals surface area (Å²) in [5.74, 6) is -0.277. The van der Waals surface area contributed by atoms with Crippen LogP contribution in [0, 0.1) is 0 Å². The number of nitrogens with two attached hydrogens (primary N) is 2. The topological polar surface area (TPSA) is 91.2 Å². The molecule has 0 radical (unpaired) electrons. The summed E-state index contributed by atoms with van der Waals surface area (Å²) in [4.78, 5) is 14.2. The van der Waals surface area contributed by atoms with Gasteiger partial charge >= 0.3 is 5.97 Å². The molecule has 0 aliphatic carbocycles. The molecule has 1 heterocycles. The third-order valence-corrected chi connectivity index (χ3v) is 1.19. The van der Waals surface area contributed by atoms with Gasteiger partial charge in [0.1, 0.15) is 0 Å². The highest BCUT2D eigenvalue weighted by Gasteiger charge is 2.01. The zero-order chi connectivity index (χ0) is 9.14. The van der Waals surface area contributed by atoms with Gasteiger partial charge in [-0.3, -0.25) is 4.79 Å². The minimum atomic E-state index is -0.438. The van der Waals surface area contributed by atoms with Gasteiger partial charge < -0.3 is 16.2 Å². The van der Waals surface area contributed by atoms with Crippen molar-refractivity contribution in [2.75, 3.05) is 11.5 Å². The van der Waals surface area contributed by atoms with Crippen LogP contribution < -0.4 is 16.2 Å². The first kappa shape index (κ1) is 8.32. The van der Waals surface area contributed by atoms with Crippen LogP contribution in [0.25, 0.3) is 0 Å². The van der Waals surface area contributed by atoms with Crippen molar-refractivity contribution in [1.82, 2.24) is 4.98 Å². The molecule has 1 aromatic heterocycles. The van der Waals surface area contributed by atoms with Crippen molar-refractivity contribution >= 4 is 17.3 Å². The van der Waals surface area contributed by atoms with E-state index in [-0.39, 0.29) is 5.88 Å². The average molecular weight is 167 g/mol. The van der Waals surface area contributed by atoms with Crippen LogP contribution in [-0.4, -0.2) is 11.0 Å². The molecule has 0 spiro atoms. The minimum absolute atomic E-state index is 0.161. The Morgan fingerprint density at radius 2 is 2.17 bits per heavy atom. The number of carbonyl (C=O) groups excluding carboxylic acids is 1. The molecule has 0 aromatic carbocycles. The minimum Gasteiger partial charge on any atom is -0.408 e. The second kappa shape index (κ2) is 3.08. The zero-order valence-electron chi connectivity index (χ0n) is 6.57. The van der Waals surface area contributed by atoms with Gasteiger partial charge in [-0.05, 0) is 0 Å². The molecule has 0 saturated carbocycles. The highest BCUT2D eigenvalue weighted by Crippen LogP contribution is 2.17. The first-order chi connectivity index (χ1) is 5.59. The number of pyridine rings is 1.